The van der Waals surface area contributed by atoms with Gasteiger partial charge in [-0.25, -0.2) is 0 Å². The zero-order valence-corrected chi connectivity index (χ0v) is 15.9. The first kappa shape index (κ1) is 17.0. The highest BCUT2D eigenvalue weighted by atomic mass is 79.9. The Kier molecular flexibility index (Phi) is 5.86. The third kappa shape index (κ3) is 4.30. The van der Waals surface area contributed by atoms with Gasteiger partial charge in [0, 0.05) is 46.7 Å². The van der Waals surface area contributed by atoms with Crippen LogP contribution in [0.4, 0.5) is 0 Å². The summed E-state index contributed by atoms with van der Waals surface area (Å²) in [7, 11) is 1.92. The van der Waals surface area contributed by atoms with Crippen molar-refractivity contribution in [1.82, 2.24) is 9.80 Å². The first-order chi connectivity index (χ1) is 9.88. The summed E-state index contributed by atoms with van der Waals surface area (Å²) in [5.74, 6) is 0.0972. The number of amides is 1. The van der Waals surface area contributed by atoms with E-state index in [0.717, 1.165) is 40.4 Å². The van der Waals surface area contributed by atoms with Crippen molar-refractivity contribution >= 4 is 37.8 Å². The molecule has 1 aliphatic rings. The van der Waals surface area contributed by atoms with Crippen LogP contribution in [0.5, 0.6) is 0 Å². The van der Waals surface area contributed by atoms with Gasteiger partial charge in [-0.2, -0.15) is 0 Å². The molecule has 1 heterocycles. The molecule has 1 fully saturated rings. The molecule has 0 radical (unpaired) electrons. The Morgan fingerprint density at radius 1 is 1.19 bits per heavy atom. The Morgan fingerprint density at radius 3 is 2.19 bits per heavy atom. The molecule has 0 spiro atoms. The quantitative estimate of drug-likeness (QED) is 0.737. The van der Waals surface area contributed by atoms with E-state index in [1.54, 1.807) is 0 Å². The number of rotatable bonds is 3. The van der Waals surface area contributed by atoms with Crippen LogP contribution in [0.1, 0.15) is 37.0 Å². The summed E-state index contributed by atoms with van der Waals surface area (Å²) in [5.41, 5.74) is 0.727. The summed E-state index contributed by atoms with van der Waals surface area (Å²) in [4.78, 5) is 17.0. The van der Waals surface area contributed by atoms with Gasteiger partial charge >= 0.3 is 0 Å². The predicted molar refractivity (Wildman–Crippen MR) is 93.7 cm³/mol. The molecule has 1 amide bonds. The molecule has 1 aromatic carbocycles. The van der Waals surface area contributed by atoms with Crippen LogP contribution in [-0.2, 0) is 0 Å². The lowest BCUT2D eigenvalue weighted by Gasteiger charge is -2.38. The zero-order chi connectivity index (χ0) is 15.6. The molecule has 116 valence electrons. The molecular weight excluding hydrogens is 396 g/mol. The van der Waals surface area contributed by atoms with Gasteiger partial charge in [0.15, 0.2) is 0 Å². The van der Waals surface area contributed by atoms with Crippen molar-refractivity contribution in [3.63, 3.8) is 0 Å². The molecule has 21 heavy (non-hydrogen) atoms. The Bertz CT molecular complexity index is 491. The molecule has 1 saturated heterocycles. The van der Waals surface area contributed by atoms with Gasteiger partial charge in [-0.05, 0) is 44.9 Å². The summed E-state index contributed by atoms with van der Waals surface area (Å²) >= 11 is 6.89. The molecular formula is C16H22Br2N2O. The molecule has 1 aromatic rings. The predicted octanol–water partition coefficient (Wildman–Crippen LogP) is 4.16. The number of carbonyl (C=O) groups excluding carboxylic acids is 1. The standard InChI is InChI=1S/C16H22Br2N2O/c1-11(2)20-6-4-15(5-7-20)19(3)16(21)12-8-13(17)10-14(18)9-12/h8-11,15H,4-7H2,1-3H3. The molecule has 1 aliphatic heterocycles. The summed E-state index contributed by atoms with van der Waals surface area (Å²) < 4.78 is 1.84. The second-order valence-corrected chi connectivity index (χ2v) is 7.77. The van der Waals surface area contributed by atoms with Crippen molar-refractivity contribution in [2.45, 2.75) is 38.8 Å². The molecule has 0 bridgehead atoms. The fourth-order valence-corrected chi connectivity index (χ4v) is 4.13. The summed E-state index contributed by atoms with van der Waals surface area (Å²) in [6, 6.07) is 6.63. The van der Waals surface area contributed by atoms with Gasteiger partial charge in [0.1, 0.15) is 0 Å². The van der Waals surface area contributed by atoms with Crippen molar-refractivity contribution in [2.75, 3.05) is 20.1 Å². The van der Waals surface area contributed by atoms with Crippen LogP contribution in [0, 0.1) is 0 Å². The summed E-state index contributed by atoms with van der Waals surface area (Å²) in [6.45, 7) is 6.60. The smallest absolute Gasteiger partial charge is 0.253 e. The van der Waals surface area contributed by atoms with Crippen LogP contribution in [0.2, 0.25) is 0 Å². The average Bonchev–Trinajstić information content (AvgIpc) is 2.44. The molecule has 5 heteroatoms. The van der Waals surface area contributed by atoms with Crippen LogP contribution in [0.25, 0.3) is 0 Å². The van der Waals surface area contributed by atoms with E-state index in [-0.39, 0.29) is 5.91 Å². The Morgan fingerprint density at radius 2 is 1.71 bits per heavy atom. The number of carbonyl (C=O) groups is 1. The highest BCUT2D eigenvalue weighted by Gasteiger charge is 2.27. The number of hydrogen-bond donors (Lipinski definition) is 0. The Hall–Kier alpha value is -0.390. The van der Waals surface area contributed by atoms with Gasteiger partial charge in [0.2, 0.25) is 0 Å². The maximum Gasteiger partial charge on any atom is 0.253 e. The highest BCUT2D eigenvalue weighted by molar-refractivity contribution is 9.11. The van der Waals surface area contributed by atoms with Crippen LogP contribution in [-0.4, -0.2) is 47.9 Å². The SMILES string of the molecule is CC(C)N1CCC(N(C)C(=O)c2cc(Br)cc(Br)c2)CC1. The molecule has 0 N–H and O–H groups in total. The monoisotopic (exact) mass is 416 g/mol. The van der Waals surface area contributed by atoms with Crippen LogP contribution in [0.3, 0.4) is 0 Å². The number of hydrogen-bond acceptors (Lipinski definition) is 2. The van der Waals surface area contributed by atoms with Crippen LogP contribution >= 0.6 is 31.9 Å². The third-order valence-corrected chi connectivity index (χ3v) is 5.12. The van der Waals surface area contributed by atoms with E-state index in [2.05, 4.69) is 50.6 Å². The number of halogens is 2. The molecule has 3 nitrogen and oxygen atoms in total. The van der Waals surface area contributed by atoms with Crippen molar-refractivity contribution < 1.29 is 4.79 Å². The van der Waals surface area contributed by atoms with Crippen LogP contribution < -0.4 is 0 Å². The second kappa shape index (κ2) is 7.25. The minimum absolute atomic E-state index is 0.0972. The molecule has 0 atom stereocenters. The maximum absolute atomic E-state index is 12.6. The van der Waals surface area contributed by atoms with E-state index >= 15 is 0 Å². The molecule has 0 unspecified atom stereocenters. The van der Waals surface area contributed by atoms with Crippen molar-refractivity contribution in [2.24, 2.45) is 0 Å². The first-order valence-corrected chi connectivity index (χ1v) is 8.94. The zero-order valence-electron chi connectivity index (χ0n) is 12.8. The minimum atomic E-state index is 0.0972. The fourth-order valence-electron chi connectivity index (χ4n) is 2.84. The average molecular weight is 418 g/mol. The third-order valence-electron chi connectivity index (χ3n) is 4.21. The first-order valence-electron chi connectivity index (χ1n) is 7.36. The van der Waals surface area contributed by atoms with E-state index in [1.165, 1.54) is 0 Å². The van der Waals surface area contributed by atoms with E-state index < -0.39 is 0 Å². The number of likely N-dealkylation sites (tertiary alicyclic amines) is 1. The lowest BCUT2D eigenvalue weighted by molar-refractivity contribution is 0.0615. The fraction of sp³-hybridized carbons (Fsp3) is 0.562. The Labute approximate surface area is 143 Å². The lowest BCUT2D eigenvalue weighted by Crippen LogP contribution is -2.47. The number of piperidine rings is 1. The summed E-state index contributed by atoms with van der Waals surface area (Å²) in [5, 5.41) is 0. The lowest BCUT2D eigenvalue weighted by atomic mass is 10.0. The van der Waals surface area contributed by atoms with Crippen molar-refractivity contribution in [3.8, 4) is 0 Å². The van der Waals surface area contributed by atoms with E-state index in [0.29, 0.717) is 12.1 Å². The molecule has 0 aliphatic carbocycles. The largest absolute Gasteiger partial charge is 0.339 e. The van der Waals surface area contributed by atoms with E-state index in [4.69, 9.17) is 0 Å². The normalized spacial score (nSPS) is 17.2. The topological polar surface area (TPSA) is 23.6 Å². The van der Waals surface area contributed by atoms with E-state index in [9.17, 15) is 4.79 Å². The van der Waals surface area contributed by atoms with Crippen LogP contribution in [0.15, 0.2) is 27.1 Å². The molecule has 2 rings (SSSR count). The molecule has 0 aromatic heterocycles. The highest BCUT2D eigenvalue weighted by Crippen LogP contribution is 2.23. The van der Waals surface area contributed by atoms with Gasteiger partial charge < -0.3 is 9.80 Å². The number of benzene rings is 1. The number of nitrogens with zero attached hydrogens (tertiary/aromatic N) is 2. The minimum Gasteiger partial charge on any atom is -0.339 e. The van der Waals surface area contributed by atoms with Gasteiger partial charge in [-0.1, -0.05) is 31.9 Å². The van der Waals surface area contributed by atoms with Crippen molar-refractivity contribution in [1.29, 1.82) is 0 Å². The van der Waals surface area contributed by atoms with Crippen molar-refractivity contribution in [3.05, 3.63) is 32.7 Å². The summed E-state index contributed by atoms with van der Waals surface area (Å²) in [6.07, 6.45) is 2.10. The maximum atomic E-state index is 12.6. The van der Waals surface area contributed by atoms with Gasteiger partial charge in [-0.3, -0.25) is 4.79 Å². The van der Waals surface area contributed by atoms with E-state index in [1.807, 2.05) is 30.1 Å². The van der Waals surface area contributed by atoms with Gasteiger partial charge in [-0.15, -0.1) is 0 Å². The second-order valence-electron chi connectivity index (χ2n) is 5.94. The van der Waals surface area contributed by atoms with Gasteiger partial charge in [0.25, 0.3) is 5.91 Å². The van der Waals surface area contributed by atoms with Gasteiger partial charge in [0.05, 0.1) is 0 Å². The Balaban J connectivity index is 2.03. The molecule has 0 saturated carbocycles.